The average Bonchev–Trinajstić information content (AvgIpc) is 2.47. The summed E-state index contributed by atoms with van der Waals surface area (Å²) in [4.78, 5) is 0. The summed E-state index contributed by atoms with van der Waals surface area (Å²) < 4.78 is 18.9. The van der Waals surface area contributed by atoms with Gasteiger partial charge in [0.15, 0.2) is 0 Å². The fourth-order valence-electron chi connectivity index (χ4n) is 2.22. The molecule has 0 radical (unpaired) electrons. The van der Waals surface area contributed by atoms with Crippen molar-refractivity contribution in [1.82, 2.24) is 0 Å². The van der Waals surface area contributed by atoms with Crippen molar-refractivity contribution in [2.75, 3.05) is 7.11 Å². The van der Waals surface area contributed by atoms with Crippen LogP contribution in [0.1, 0.15) is 29.2 Å². The first-order valence-electron chi connectivity index (χ1n) is 6.74. The quantitative estimate of drug-likeness (QED) is 0.900. The van der Waals surface area contributed by atoms with Gasteiger partial charge in [-0.2, -0.15) is 0 Å². The molecule has 0 aromatic heterocycles. The Labute approximate surface area is 119 Å². The normalized spacial score (nSPS) is 12.2. The second-order valence-electron chi connectivity index (χ2n) is 5.02. The van der Waals surface area contributed by atoms with Gasteiger partial charge in [0.05, 0.1) is 7.11 Å². The van der Waals surface area contributed by atoms with Crippen molar-refractivity contribution < 1.29 is 9.13 Å². The molecule has 0 amide bonds. The zero-order valence-corrected chi connectivity index (χ0v) is 11.9. The Morgan fingerprint density at radius 2 is 1.85 bits per heavy atom. The van der Waals surface area contributed by atoms with Crippen molar-refractivity contribution in [3.05, 3.63) is 65.0 Å². The molecule has 2 rings (SSSR count). The number of nitrogens with two attached hydrogens (primary N) is 1. The highest BCUT2D eigenvalue weighted by Crippen LogP contribution is 2.22. The number of ether oxygens (including phenoxy) is 1. The number of hydrogen-bond donors (Lipinski definition) is 1. The Morgan fingerprint density at radius 1 is 1.15 bits per heavy atom. The van der Waals surface area contributed by atoms with Gasteiger partial charge in [-0.3, -0.25) is 0 Å². The van der Waals surface area contributed by atoms with Gasteiger partial charge < -0.3 is 10.5 Å². The van der Waals surface area contributed by atoms with Gasteiger partial charge in [-0.15, -0.1) is 0 Å². The minimum absolute atomic E-state index is 0.224. The lowest BCUT2D eigenvalue weighted by Gasteiger charge is -2.14. The van der Waals surface area contributed by atoms with Crippen molar-refractivity contribution in [3.8, 4) is 5.75 Å². The van der Waals surface area contributed by atoms with Crippen LogP contribution in [0.3, 0.4) is 0 Å². The molecular weight excluding hydrogens is 253 g/mol. The molecule has 0 heterocycles. The molecule has 20 heavy (non-hydrogen) atoms. The molecule has 2 nitrogen and oxygen atoms in total. The molecule has 3 heteroatoms. The van der Waals surface area contributed by atoms with Crippen molar-refractivity contribution in [1.29, 1.82) is 0 Å². The number of benzene rings is 2. The van der Waals surface area contributed by atoms with E-state index in [2.05, 4.69) is 0 Å². The molecule has 1 unspecified atom stereocenters. The van der Waals surface area contributed by atoms with E-state index in [4.69, 9.17) is 10.5 Å². The van der Waals surface area contributed by atoms with Crippen LogP contribution in [-0.4, -0.2) is 7.11 Å². The van der Waals surface area contributed by atoms with Crippen LogP contribution in [0.15, 0.2) is 42.5 Å². The first kappa shape index (κ1) is 14.5. The molecule has 2 N–H and O–H groups in total. The summed E-state index contributed by atoms with van der Waals surface area (Å²) in [5.74, 6) is 0.612. The van der Waals surface area contributed by atoms with Crippen LogP contribution in [0.4, 0.5) is 4.39 Å². The summed E-state index contributed by atoms with van der Waals surface area (Å²) in [5, 5.41) is 0. The summed E-state index contributed by atoms with van der Waals surface area (Å²) in [7, 11) is 1.64. The summed E-state index contributed by atoms with van der Waals surface area (Å²) in [6.45, 7) is 1.94. The zero-order chi connectivity index (χ0) is 14.5. The molecular formula is C17H20FNO. The van der Waals surface area contributed by atoms with Gasteiger partial charge in [0.25, 0.3) is 0 Å². The lowest BCUT2D eigenvalue weighted by atomic mass is 9.98. The van der Waals surface area contributed by atoms with E-state index < -0.39 is 0 Å². The molecule has 106 valence electrons. The van der Waals surface area contributed by atoms with Crippen LogP contribution in [0.5, 0.6) is 5.75 Å². The van der Waals surface area contributed by atoms with Crippen LogP contribution in [0.2, 0.25) is 0 Å². The molecule has 0 aliphatic carbocycles. The van der Waals surface area contributed by atoms with Crippen molar-refractivity contribution in [3.63, 3.8) is 0 Å². The molecule has 0 saturated heterocycles. The number of halogens is 1. The lowest BCUT2D eigenvalue weighted by molar-refractivity contribution is 0.414. The molecule has 2 aromatic carbocycles. The molecule has 0 aliphatic heterocycles. The predicted octanol–water partition coefficient (Wildman–Crippen LogP) is 3.78. The third-order valence-electron chi connectivity index (χ3n) is 3.45. The van der Waals surface area contributed by atoms with Crippen molar-refractivity contribution >= 4 is 0 Å². The Balaban J connectivity index is 2.00. The molecule has 1 atom stereocenters. The Hall–Kier alpha value is -1.87. The van der Waals surface area contributed by atoms with E-state index in [9.17, 15) is 4.39 Å². The average molecular weight is 273 g/mol. The van der Waals surface area contributed by atoms with E-state index >= 15 is 0 Å². The van der Waals surface area contributed by atoms with Gasteiger partial charge in [0.1, 0.15) is 11.6 Å². The molecule has 2 aromatic rings. The van der Waals surface area contributed by atoms with Gasteiger partial charge in [-0.1, -0.05) is 29.8 Å². The Kier molecular flexibility index (Phi) is 4.74. The molecule has 0 aliphatic rings. The van der Waals surface area contributed by atoms with Crippen molar-refractivity contribution in [2.45, 2.75) is 25.8 Å². The minimum Gasteiger partial charge on any atom is -0.497 e. The van der Waals surface area contributed by atoms with Crippen LogP contribution < -0.4 is 10.5 Å². The fraction of sp³-hybridized carbons (Fsp3) is 0.294. The number of hydrogen-bond acceptors (Lipinski definition) is 2. The van der Waals surface area contributed by atoms with Crippen LogP contribution in [0, 0.1) is 12.7 Å². The molecule has 0 saturated carbocycles. The Bertz CT molecular complexity index is 566. The SMILES string of the molecule is COc1ccc(CCC(N)c2cc(C)ccc2F)cc1. The highest BCUT2D eigenvalue weighted by Gasteiger charge is 2.11. The second-order valence-corrected chi connectivity index (χ2v) is 5.02. The van der Waals surface area contributed by atoms with E-state index in [1.807, 2.05) is 37.3 Å². The third kappa shape index (κ3) is 3.58. The zero-order valence-electron chi connectivity index (χ0n) is 11.9. The van der Waals surface area contributed by atoms with Gasteiger partial charge in [0, 0.05) is 11.6 Å². The first-order valence-corrected chi connectivity index (χ1v) is 6.74. The summed E-state index contributed by atoms with van der Waals surface area (Å²) in [6, 6.07) is 12.7. The van der Waals surface area contributed by atoms with E-state index in [0.29, 0.717) is 12.0 Å². The van der Waals surface area contributed by atoms with Crippen LogP contribution in [0.25, 0.3) is 0 Å². The fourth-order valence-corrected chi connectivity index (χ4v) is 2.22. The van der Waals surface area contributed by atoms with Crippen LogP contribution in [-0.2, 0) is 6.42 Å². The third-order valence-corrected chi connectivity index (χ3v) is 3.45. The summed E-state index contributed by atoms with van der Waals surface area (Å²) in [6.07, 6.45) is 1.53. The monoisotopic (exact) mass is 273 g/mol. The number of methoxy groups -OCH3 is 1. The lowest BCUT2D eigenvalue weighted by Crippen LogP contribution is -2.13. The van der Waals surface area contributed by atoms with E-state index in [1.54, 1.807) is 13.2 Å². The van der Waals surface area contributed by atoms with E-state index in [-0.39, 0.29) is 11.9 Å². The topological polar surface area (TPSA) is 35.2 Å². The van der Waals surface area contributed by atoms with Crippen LogP contribution >= 0.6 is 0 Å². The minimum atomic E-state index is -0.281. The van der Waals surface area contributed by atoms with Gasteiger partial charge in [-0.05, 0) is 43.5 Å². The highest BCUT2D eigenvalue weighted by atomic mass is 19.1. The number of aryl methyl sites for hydroxylation is 2. The maximum atomic E-state index is 13.7. The van der Waals surface area contributed by atoms with Gasteiger partial charge in [0.2, 0.25) is 0 Å². The second kappa shape index (κ2) is 6.53. The smallest absolute Gasteiger partial charge is 0.127 e. The summed E-state index contributed by atoms with van der Waals surface area (Å²) >= 11 is 0. The summed E-state index contributed by atoms with van der Waals surface area (Å²) in [5.41, 5.74) is 8.90. The maximum Gasteiger partial charge on any atom is 0.127 e. The predicted molar refractivity (Wildman–Crippen MR) is 79.4 cm³/mol. The molecule has 0 fully saturated rings. The first-order chi connectivity index (χ1) is 9.60. The number of rotatable bonds is 5. The van der Waals surface area contributed by atoms with Gasteiger partial charge >= 0.3 is 0 Å². The van der Waals surface area contributed by atoms with E-state index in [1.165, 1.54) is 11.6 Å². The largest absolute Gasteiger partial charge is 0.497 e. The maximum absolute atomic E-state index is 13.7. The highest BCUT2D eigenvalue weighted by molar-refractivity contribution is 5.29. The Morgan fingerprint density at radius 3 is 2.50 bits per heavy atom. The van der Waals surface area contributed by atoms with E-state index in [0.717, 1.165) is 17.7 Å². The van der Waals surface area contributed by atoms with Crippen molar-refractivity contribution in [2.24, 2.45) is 5.73 Å². The molecule has 0 spiro atoms. The molecule has 0 bridgehead atoms. The standard InChI is InChI=1S/C17H20FNO/c1-12-3-9-16(18)15(11-12)17(19)10-6-13-4-7-14(20-2)8-5-13/h3-5,7-9,11,17H,6,10,19H2,1-2H3. The van der Waals surface area contributed by atoms with Gasteiger partial charge in [-0.25, -0.2) is 4.39 Å².